The summed E-state index contributed by atoms with van der Waals surface area (Å²) in [6, 6.07) is 7.10. The average molecular weight is 314 g/mol. The van der Waals surface area contributed by atoms with Crippen molar-refractivity contribution in [3.63, 3.8) is 0 Å². The van der Waals surface area contributed by atoms with Gasteiger partial charge in [-0.2, -0.15) is 0 Å². The fraction of sp³-hybridized carbons (Fsp3) is 0.636. The highest BCUT2D eigenvalue weighted by molar-refractivity contribution is 5.66. The molecule has 0 spiro atoms. The van der Waals surface area contributed by atoms with E-state index in [1.165, 1.54) is 69.4 Å². The van der Waals surface area contributed by atoms with Gasteiger partial charge in [-0.05, 0) is 73.1 Å². The van der Waals surface area contributed by atoms with Crippen LogP contribution in [-0.4, -0.2) is 0 Å². The summed E-state index contributed by atoms with van der Waals surface area (Å²) in [5, 5.41) is 0. The molecular weight excluding hydrogens is 283 g/mol. The SMILES string of the molecule is CCCC[C@H]1CC[C@H](C2CC=C(c3cccc(F)c3)CC2)CC1. The molecule has 1 fully saturated rings. The molecule has 0 aromatic heterocycles. The van der Waals surface area contributed by atoms with Gasteiger partial charge >= 0.3 is 0 Å². The Morgan fingerprint density at radius 3 is 2.52 bits per heavy atom. The maximum absolute atomic E-state index is 13.4. The van der Waals surface area contributed by atoms with Gasteiger partial charge in [-0.1, -0.05) is 57.2 Å². The molecular formula is C22H31F. The van der Waals surface area contributed by atoms with Gasteiger partial charge in [0.1, 0.15) is 5.82 Å². The maximum Gasteiger partial charge on any atom is 0.123 e. The van der Waals surface area contributed by atoms with Crippen molar-refractivity contribution >= 4 is 5.57 Å². The van der Waals surface area contributed by atoms with E-state index in [0.29, 0.717) is 0 Å². The van der Waals surface area contributed by atoms with Crippen molar-refractivity contribution < 1.29 is 4.39 Å². The average Bonchev–Trinajstić information content (AvgIpc) is 2.61. The molecule has 0 N–H and O–H groups in total. The zero-order chi connectivity index (χ0) is 16.1. The van der Waals surface area contributed by atoms with E-state index in [9.17, 15) is 4.39 Å². The molecule has 0 aliphatic heterocycles. The predicted octanol–water partition coefficient (Wildman–Crippen LogP) is 7.01. The molecule has 0 saturated heterocycles. The van der Waals surface area contributed by atoms with Crippen LogP contribution in [0, 0.1) is 23.6 Å². The van der Waals surface area contributed by atoms with Gasteiger partial charge in [0.25, 0.3) is 0 Å². The first-order valence-electron chi connectivity index (χ1n) is 9.71. The molecule has 0 nitrogen and oxygen atoms in total. The molecule has 0 heterocycles. The summed E-state index contributed by atoms with van der Waals surface area (Å²) in [7, 11) is 0. The van der Waals surface area contributed by atoms with Crippen LogP contribution in [0.3, 0.4) is 0 Å². The molecule has 3 rings (SSSR count). The van der Waals surface area contributed by atoms with Crippen LogP contribution < -0.4 is 0 Å². The zero-order valence-corrected chi connectivity index (χ0v) is 14.6. The third-order valence-electron chi connectivity index (χ3n) is 6.17. The predicted molar refractivity (Wildman–Crippen MR) is 96.7 cm³/mol. The van der Waals surface area contributed by atoms with E-state index in [1.54, 1.807) is 6.07 Å². The standard InChI is InChI=1S/C22H31F/c1-2-3-5-17-8-10-18(11-9-17)19-12-14-20(15-13-19)21-6-4-7-22(23)16-21/h4,6-7,14,16-19H,2-3,5,8-13,15H2,1H3/t17-,18-,19?. The lowest BCUT2D eigenvalue weighted by atomic mass is 9.70. The van der Waals surface area contributed by atoms with Crippen LogP contribution in [-0.2, 0) is 0 Å². The summed E-state index contributed by atoms with van der Waals surface area (Å²) in [5.74, 6) is 2.71. The first-order chi connectivity index (χ1) is 11.3. The van der Waals surface area contributed by atoms with E-state index >= 15 is 0 Å². The van der Waals surface area contributed by atoms with Crippen LogP contribution in [0.5, 0.6) is 0 Å². The van der Waals surface area contributed by atoms with Crippen molar-refractivity contribution in [1.82, 2.24) is 0 Å². The second-order valence-electron chi connectivity index (χ2n) is 7.70. The Hall–Kier alpha value is -1.11. The minimum Gasteiger partial charge on any atom is -0.207 e. The molecule has 1 unspecified atom stereocenters. The molecule has 126 valence electrons. The Bertz CT molecular complexity index is 523. The van der Waals surface area contributed by atoms with Gasteiger partial charge in [0.2, 0.25) is 0 Å². The number of hydrogen-bond acceptors (Lipinski definition) is 0. The molecule has 0 amide bonds. The van der Waals surface area contributed by atoms with Crippen molar-refractivity contribution in [1.29, 1.82) is 0 Å². The van der Waals surface area contributed by atoms with Gasteiger partial charge in [0, 0.05) is 0 Å². The van der Waals surface area contributed by atoms with Crippen LogP contribution >= 0.6 is 0 Å². The van der Waals surface area contributed by atoms with E-state index in [2.05, 4.69) is 13.0 Å². The molecule has 2 aliphatic rings. The smallest absolute Gasteiger partial charge is 0.123 e. The fourth-order valence-electron chi connectivity index (χ4n) is 4.67. The van der Waals surface area contributed by atoms with Crippen molar-refractivity contribution in [3.8, 4) is 0 Å². The van der Waals surface area contributed by atoms with Crippen molar-refractivity contribution in [2.24, 2.45) is 17.8 Å². The molecule has 23 heavy (non-hydrogen) atoms. The van der Waals surface area contributed by atoms with Crippen LogP contribution in [0.2, 0.25) is 0 Å². The van der Waals surface area contributed by atoms with Crippen LogP contribution in [0.15, 0.2) is 30.3 Å². The molecule has 0 bridgehead atoms. The molecule has 1 atom stereocenters. The second kappa shape index (κ2) is 8.13. The minimum absolute atomic E-state index is 0.115. The Labute approximate surface area is 141 Å². The van der Waals surface area contributed by atoms with Gasteiger partial charge in [0.05, 0.1) is 0 Å². The van der Waals surface area contributed by atoms with Crippen LogP contribution in [0.25, 0.3) is 5.57 Å². The Kier molecular flexibility index (Phi) is 5.91. The fourth-order valence-corrected chi connectivity index (χ4v) is 4.67. The van der Waals surface area contributed by atoms with Crippen molar-refractivity contribution in [2.45, 2.75) is 71.1 Å². The Balaban J connectivity index is 1.51. The van der Waals surface area contributed by atoms with E-state index in [1.807, 2.05) is 12.1 Å². The highest BCUT2D eigenvalue weighted by Crippen LogP contribution is 2.42. The quantitative estimate of drug-likeness (QED) is 0.548. The number of benzene rings is 1. The number of allylic oxidation sites excluding steroid dienone is 2. The van der Waals surface area contributed by atoms with Gasteiger partial charge in [0.15, 0.2) is 0 Å². The van der Waals surface area contributed by atoms with Crippen molar-refractivity contribution in [2.75, 3.05) is 0 Å². The van der Waals surface area contributed by atoms with E-state index in [4.69, 9.17) is 0 Å². The molecule has 1 aromatic rings. The van der Waals surface area contributed by atoms with Crippen LogP contribution in [0.4, 0.5) is 4.39 Å². The van der Waals surface area contributed by atoms with Gasteiger partial charge in [-0.3, -0.25) is 0 Å². The second-order valence-corrected chi connectivity index (χ2v) is 7.70. The highest BCUT2D eigenvalue weighted by Gasteiger charge is 2.28. The number of rotatable bonds is 5. The number of unbranched alkanes of at least 4 members (excludes halogenated alkanes) is 1. The topological polar surface area (TPSA) is 0 Å². The summed E-state index contributed by atoms with van der Waals surface area (Å²) in [6.45, 7) is 2.30. The maximum atomic E-state index is 13.4. The number of hydrogen-bond donors (Lipinski definition) is 0. The highest BCUT2D eigenvalue weighted by atomic mass is 19.1. The third-order valence-corrected chi connectivity index (χ3v) is 6.17. The molecule has 2 aliphatic carbocycles. The summed E-state index contributed by atoms with van der Waals surface area (Å²) in [4.78, 5) is 0. The Morgan fingerprint density at radius 1 is 1.04 bits per heavy atom. The van der Waals surface area contributed by atoms with Crippen molar-refractivity contribution in [3.05, 3.63) is 41.7 Å². The van der Waals surface area contributed by atoms with Gasteiger partial charge in [-0.25, -0.2) is 4.39 Å². The van der Waals surface area contributed by atoms with E-state index in [0.717, 1.165) is 29.7 Å². The molecule has 1 aromatic carbocycles. The van der Waals surface area contributed by atoms with E-state index < -0.39 is 0 Å². The summed E-state index contributed by atoms with van der Waals surface area (Å²) in [6.07, 6.45) is 16.1. The summed E-state index contributed by atoms with van der Waals surface area (Å²) >= 11 is 0. The largest absolute Gasteiger partial charge is 0.207 e. The Morgan fingerprint density at radius 2 is 1.87 bits per heavy atom. The number of halogens is 1. The lowest BCUT2D eigenvalue weighted by Crippen LogP contribution is -2.23. The third kappa shape index (κ3) is 4.46. The van der Waals surface area contributed by atoms with E-state index in [-0.39, 0.29) is 5.82 Å². The lowest BCUT2D eigenvalue weighted by Gasteiger charge is -2.35. The zero-order valence-electron chi connectivity index (χ0n) is 14.6. The molecule has 1 saturated carbocycles. The minimum atomic E-state index is -0.115. The van der Waals surface area contributed by atoms with Gasteiger partial charge < -0.3 is 0 Å². The normalized spacial score (nSPS) is 28.4. The van der Waals surface area contributed by atoms with Gasteiger partial charge in [-0.15, -0.1) is 0 Å². The first-order valence-corrected chi connectivity index (χ1v) is 9.71. The monoisotopic (exact) mass is 314 g/mol. The van der Waals surface area contributed by atoms with Crippen LogP contribution in [0.1, 0.15) is 76.7 Å². The molecule has 0 radical (unpaired) electrons. The molecule has 1 heteroatoms. The first kappa shape index (κ1) is 16.7. The lowest BCUT2D eigenvalue weighted by molar-refractivity contribution is 0.188. The summed E-state index contributed by atoms with van der Waals surface area (Å²) < 4.78 is 13.4. The summed E-state index contributed by atoms with van der Waals surface area (Å²) in [5.41, 5.74) is 2.45.